The standard InChI is InChI=1S/C22H24F3N3O/c1-4-9-28-19-8-6-5-7-18(19)26-20(28)13-27(12-14(2)3)22(29)15-10-16(23)21(25)17(24)11-15/h5-8,10-11,14H,4,9,12-13H2,1-3H3. The van der Waals surface area contributed by atoms with E-state index < -0.39 is 23.4 Å². The van der Waals surface area contributed by atoms with Crippen LogP contribution < -0.4 is 0 Å². The number of benzene rings is 2. The molecule has 3 rings (SSSR count). The minimum absolute atomic E-state index is 0.123. The Hall–Kier alpha value is -2.83. The van der Waals surface area contributed by atoms with E-state index in [1.165, 1.54) is 4.90 Å². The molecule has 0 aliphatic heterocycles. The van der Waals surface area contributed by atoms with Crippen molar-refractivity contribution in [1.29, 1.82) is 0 Å². The summed E-state index contributed by atoms with van der Waals surface area (Å²) >= 11 is 0. The van der Waals surface area contributed by atoms with Crippen LogP contribution in [0.5, 0.6) is 0 Å². The molecule has 0 aliphatic rings. The lowest BCUT2D eigenvalue weighted by Crippen LogP contribution is -2.35. The Bertz CT molecular complexity index is 1010. The van der Waals surface area contributed by atoms with Gasteiger partial charge in [-0.15, -0.1) is 0 Å². The Morgan fingerprint density at radius 1 is 1.14 bits per heavy atom. The maximum Gasteiger partial charge on any atom is 0.254 e. The van der Waals surface area contributed by atoms with Crippen LogP contribution >= 0.6 is 0 Å². The van der Waals surface area contributed by atoms with Crippen LogP contribution in [0.1, 0.15) is 43.4 Å². The number of aryl methyl sites for hydroxylation is 1. The second-order valence-electron chi connectivity index (χ2n) is 7.50. The lowest BCUT2D eigenvalue weighted by Gasteiger charge is -2.25. The number of aromatic nitrogens is 2. The molecule has 1 aromatic heterocycles. The van der Waals surface area contributed by atoms with Gasteiger partial charge < -0.3 is 9.47 Å². The maximum absolute atomic E-state index is 13.7. The number of nitrogens with zero attached hydrogens (tertiary/aromatic N) is 3. The summed E-state index contributed by atoms with van der Waals surface area (Å²) in [7, 11) is 0. The topological polar surface area (TPSA) is 38.1 Å². The van der Waals surface area contributed by atoms with Crippen molar-refractivity contribution in [1.82, 2.24) is 14.5 Å². The second-order valence-corrected chi connectivity index (χ2v) is 7.50. The highest BCUT2D eigenvalue weighted by molar-refractivity contribution is 5.94. The van der Waals surface area contributed by atoms with E-state index in [-0.39, 0.29) is 18.0 Å². The summed E-state index contributed by atoms with van der Waals surface area (Å²) in [6.07, 6.45) is 0.889. The molecule has 3 aromatic rings. The van der Waals surface area contributed by atoms with E-state index in [0.29, 0.717) is 12.4 Å². The summed E-state index contributed by atoms with van der Waals surface area (Å²) in [4.78, 5) is 19.2. The first-order chi connectivity index (χ1) is 13.8. The summed E-state index contributed by atoms with van der Waals surface area (Å²) in [5, 5.41) is 0. The van der Waals surface area contributed by atoms with Gasteiger partial charge in [-0.2, -0.15) is 0 Å². The van der Waals surface area contributed by atoms with Gasteiger partial charge >= 0.3 is 0 Å². The predicted octanol–water partition coefficient (Wildman–Crippen LogP) is 5.16. The van der Waals surface area contributed by atoms with Crippen LogP contribution in [0.2, 0.25) is 0 Å². The highest BCUT2D eigenvalue weighted by Crippen LogP contribution is 2.21. The Morgan fingerprint density at radius 2 is 1.79 bits per heavy atom. The molecule has 7 heteroatoms. The average molecular weight is 403 g/mol. The van der Waals surface area contributed by atoms with Crippen molar-refractivity contribution in [2.45, 2.75) is 40.3 Å². The fourth-order valence-electron chi connectivity index (χ4n) is 3.41. The van der Waals surface area contributed by atoms with Gasteiger partial charge in [0.2, 0.25) is 0 Å². The molecule has 4 nitrogen and oxygen atoms in total. The predicted molar refractivity (Wildman–Crippen MR) is 106 cm³/mol. The zero-order chi connectivity index (χ0) is 21.1. The molecule has 0 saturated heterocycles. The molecule has 0 aliphatic carbocycles. The van der Waals surface area contributed by atoms with Gasteiger partial charge in [0, 0.05) is 18.7 Å². The van der Waals surface area contributed by atoms with Gasteiger partial charge in [0.05, 0.1) is 17.6 Å². The number of fused-ring (bicyclic) bond motifs is 1. The van der Waals surface area contributed by atoms with Crippen LogP contribution in [0.4, 0.5) is 13.2 Å². The lowest BCUT2D eigenvalue weighted by atomic mass is 10.1. The van der Waals surface area contributed by atoms with Crippen molar-refractivity contribution >= 4 is 16.9 Å². The Labute approximate surface area is 168 Å². The first-order valence-corrected chi connectivity index (χ1v) is 9.69. The molecule has 0 radical (unpaired) electrons. The van der Waals surface area contributed by atoms with Crippen molar-refractivity contribution in [3.63, 3.8) is 0 Å². The van der Waals surface area contributed by atoms with Gasteiger partial charge in [-0.25, -0.2) is 18.2 Å². The minimum Gasteiger partial charge on any atom is -0.331 e. The number of carbonyl (C=O) groups is 1. The van der Waals surface area contributed by atoms with Crippen molar-refractivity contribution in [3.8, 4) is 0 Å². The maximum atomic E-state index is 13.7. The molecule has 0 unspecified atom stereocenters. The van der Waals surface area contributed by atoms with Crippen molar-refractivity contribution in [2.75, 3.05) is 6.54 Å². The molecule has 1 amide bonds. The van der Waals surface area contributed by atoms with Crippen LogP contribution in [0.3, 0.4) is 0 Å². The van der Waals surface area contributed by atoms with Gasteiger partial charge in [-0.3, -0.25) is 4.79 Å². The molecular weight excluding hydrogens is 379 g/mol. The van der Waals surface area contributed by atoms with Crippen LogP contribution in [-0.2, 0) is 13.1 Å². The third-order valence-corrected chi connectivity index (χ3v) is 4.62. The zero-order valence-corrected chi connectivity index (χ0v) is 16.8. The minimum atomic E-state index is -1.58. The summed E-state index contributed by atoms with van der Waals surface area (Å²) in [6.45, 7) is 7.24. The first-order valence-electron chi connectivity index (χ1n) is 9.69. The summed E-state index contributed by atoms with van der Waals surface area (Å²) in [5.41, 5.74) is 1.58. The van der Waals surface area contributed by atoms with Crippen molar-refractivity contribution in [3.05, 3.63) is 65.2 Å². The molecule has 1 heterocycles. The van der Waals surface area contributed by atoms with Gasteiger partial charge in [0.15, 0.2) is 17.5 Å². The highest BCUT2D eigenvalue weighted by Gasteiger charge is 2.23. The summed E-state index contributed by atoms with van der Waals surface area (Å²) in [6, 6.07) is 9.19. The van der Waals surface area contributed by atoms with E-state index in [4.69, 9.17) is 0 Å². The molecule has 0 N–H and O–H groups in total. The normalized spacial score (nSPS) is 11.4. The molecule has 0 spiro atoms. The van der Waals surface area contributed by atoms with Crippen LogP contribution in [0.25, 0.3) is 11.0 Å². The van der Waals surface area contributed by atoms with E-state index >= 15 is 0 Å². The molecule has 0 bridgehead atoms. The Morgan fingerprint density at radius 3 is 2.41 bits per heavy atom. The van der Waals surface area contributed by atoms with E-state index in [9.17, 15) is 18.0 Å². The number of amides is 1. The van der Waals surface area contributed by atoms with E-state index in [0.717, 1.165) is 36.1 Å². The lowest BCUT2D eigenvalue weighted by molar-refractivity contribution is 0.0715. The summed E-state index contributed by atoms with van der Waals surface area (Å²) in [5.74, 6) is -4.08. The molecule has 0 atom stereocenters. The first kappa shape index (κ1) is 20.9. The van der Waals surface area contributed by atoms with Gasteiger partial charge in [-0.05, 0) is 36.6 Å². The number of halogens is 3. The quantitative estimate of drug-likeness (QED) is 0.511. The summed E-state index contributed by atoms with van der Waals surface area (Å²) < 4.78 is 42.7. The monoisotopic (exact) mass is 403 g/mol. The van der Waals surface area contributed by atoms with Crippen molar-refractivity contribution in [2.24, 2.45) is 5.92 Å². The zero-order valence-electron chi connectivity index (χ0n) is 16.8. The van der Waals surface area contributed by atoms with Gasteiger partial charge in [0.25, 0.3) is 5.91 Å². The second kappa shape index (κ2) is 8.68. The van der Waals surface area contributed by atoms with E-state index in [1.807, 2.05) is 38.1 Å². The fourth-order valence-corrected chi connectivity index (χ4v) is 3.41. The Balaban J connectivity index is 1.99. The molecular formula is C22H24F3N3O. The van der Waals surface area contributed by atoms with E-state index in [1.54, 1.807) is 0 Å². The smallest absolute Gasteiger partial charge is 0.254 e. The molecule has 0 saturated carbocycles. The number of hydrogen-bond acceptors (Lipinski definition) is 2. The van der Waals surface area contributed by atoms with Crippen molar-refractivity contribution < 1.29 is 18.0 Å². The molecule has 2 aromatic carbocycles. The van der Waals surface area contributed by atoms with Crippen LogP contribution in [0.15, 0.2) is 36.4 Å². The average Bonchev–Trinajstić information content (AvgIpc) is 3.02. The molecule has 154 valence electrons. The SMILES string of the molecule is CCCn1c(CN(CC(C)C)C(=O)c2cc(F)c(F)c(F)c2)nc2ccccc21. The van der Waals surface area contributed by atoms with Gasteiger partial charge in [0.1, 0.15) is 5.82 Å². The number of imidazole rings is 1. The largest absolute Gasteiger partial charge is 0.331 e. The van der Waals surface area contributed by atoms with Gasteiger partial charge in [-0.1, -0.05) is 32.9 Å². The number of carbonyl (C=O) groups excluding carboxylic acids is 1. The Kier molecular flexibility index (Phi) is 6.25. The van der Waals surface area contributed by atoms with Crippen LogP contribution in [0, 0.1) is 23.4 Å². The highest BCUT2D eigenvalue weighted by atomic mass is 19.2. The third-order valence-electron chi connectivity index (χ3n) is 4.62. The number of hydrogen-bond donors (Lipinski definition) is 0. The number of rotatable bonds is 7. The fraction of sp³-hybridized carbons (Fsp3) is 0.364. The number of para-hydroxylation sites is 2. The van der Waals surface area contributed by atoms with Crippen LogP contribution in [-0.4, -0.2) is 26.9 Å². The van der Waals surface area contributed by atoms with E-state index in [2.05, 4.69) is 16.5 Å². The third kappa shape index (κ3) is 4.44. The molecule has 29 heavy (non-hydrogen) atoms. The molecule has 0 fully saturated rings.